The van der Waals surface area contributed by atoms with Gasteiger partial charge in [0.25, 0.3) is 0 Å². The number of fused-ring (bicyclic) bond motifs is 7. The van der Waals surface area contributed by atoms with E-state index in [1.165, 1.54) is 6.42 Å². The van der Waals surface area contributed by atoms with Crippen molar-refractivity contribution in [1.82, 2.24) is 0 Å². The zero-order valence-electron chi connectivity index (χ0n) is 5.79. The van der Waals surface area contributed by atoms with E-state index in [1.54, 1.807) is 0 Å². The lowest BCUT2D eigenvalue weighted by molar-refractivity contribution is 0.329. The van der Waals surface area contributed by atoms with Crippen molar-refractivity contribution in [1.29, 1.82) is 0 Å². The van der Waals surface area contributed by atoms with Crippen LogP contribution in [0.2, 0.25) is 0 Å². The van der Waals surface area contributed by atoms with E-state index >= 15 is 0 Å². The van der Waals surface area contributed by atoms with Gasteiger partial charge in [-0.1, -0.05) is 12.2 Å². The van der Waals surface area contributed by atoms with Crippen LogP contribution >= 0.6 is 0 Å². The first kappa shape index (κ1) is 4.55. The normalized spacial score (nSPS) is 72.8. The van der Waals surface area contributed by atoms with E-state index in [2.05, 4.69) is 12.2 Å². The van der Waals surface area contributed by atoms with Crippen LogP contribution in [0, 0.1) is 23.7 Å². The quantitative estimate of drug-likeness (QED) is 0.358. The Balaban J connectivity index is 1.87. The van der Waals surface area contributed by atoms with Gasteiger partial charge in [0.1, 0.15) is 0 Å². The average molecular weight is 134 g/mol. The molecular formula is C9H10O. The van der Waals surface area contributed by atoms with Crippen LogP contribution in [0.4, 0.5) is 0 Å². The summed E-state index contributed by atoms with van der Waals surface area (Å²) in [5, 5.41) is 0. The summed E-state index contributed by atoms with van der Waals surface area (Å²) in [6.45, 7) is 1.08. The van der Waals surface area contributed by atoms with Crippen molar-refractivity contribution in [3.8, 4) is 0 Å². The maximum atomic E-state index is 5.51. The summed E-state index contributed by atoms with van der Waals surface area (Å²) < 4.78 is 5.51. The Bertz CT molecular complexity index is 219. The Kier molecular flexibility index (Phi) is 0.456. The number of allylic oxidation sites excluding steroid dienone is 2. The lowest BCUT2D eigenvalue weighted by Crippen LogP contribution is -2.04. The Morgan fingerprint density at radius 3 is 2.30 bits per heavy atom. The van der Waals surface area contributed by atoms with Gasteiger partial charge >= 0.3 is 0 Å². The first-order valence-electron chi connectivity index (χ1n) is 4.24. The Hall–Kier alpha value is -0.300. The van der Waals surface area contributed by atoms with Crippen molar-refractivity contribution < 1.29 is 4.74 Å². The maximum Gasteiger partial charge on any atom is 0.0991 e. The van der Waals surface area contributed by atoms with Gasteiger partial charge in [-0.3, -0.25) is 0 Å². The molecule has 1 saturated heterocycles. The van der Waals surface area contributed by atoms with Crippen molar-refractivity contribution in [2.24, 2.45) is 23.7 Å². The second-order valence-electron chi connectivity index (χ2n) is 4.24. The van der Waals surface area contributed by atoms with Gasteiger partial charge in [0.2, 0.25) is 0 Å². The van der Waals surface area contributed by atoms with Crippen LogP contribution in [0.3, 0.4) is 0 Å². The predicted octanol–water partition coefficient (Wildman–Crippen LogP) is 1.21. The van der Waals surface area contributed by atoms with Crippen LogP contribution in [-0.2, 0) is 4.74 Å². The van der Waals surface area contributed by atoms with Crippen molar-refractivity contribution in [2.75, 3.05) is 6.61 Å². The Morgan fingerprint density at radius 2 is 1.80 bits per heavy atom. The molecule has 0 amide bonds. The SMILES string of the molecule is C1=CC2CC1C1C2C12CO2. The standard InChI is InChI=1S/C9H10O/c1-2-6-3-5(1)7-8(6)9(7)4-10-9/h1-2,5-8H,3-4H2. The van der Waals surface area contributed by atoms with E-state index in [4.69, 9.17) is 4.74 Å². The molecule has 3 fully saturated rings. The van der Waals surface area contributed by atoms with Crippen LogP contribution in [0.1, 0.15) is 6.42 Å². The molecule has 2 saturated carbocycles. The van der Waals surface area contributed by atoms with Crippen LogP contribution in [0.5, 0.6) is 0 Å². The van der Waals surface area contributed by atoms with Crippen molar-refractivity contribution in [3.63, 3.8) is 0 Å². The fraction of sp³-hybridized carbons (Fsp3) is 0.778. The van der Waals surface area contributed by atoms with Crippen LogP contribution in [0.25, 0.3) is 0 Å². The van der Waals surface area contributed by atoms with Crippen LogP contribution < -0.4 is 0 Å². The molecule has 2 bridgehead atoms. The third-order valence-corrected chi connectivity index (χ3v) is 3.96. The number of rotatable bonds is 0. The lowest BCUT2D eigenvalue weighted by atomic mass is 10.0. The monoisotopic (exact) mass is 134 g/mol. The topological polar surface area (TPSA) is 12.5 Å². The summed E-state index contributed by atoms with van der Waals surface area (Å²) in [7, 11) is 0. The summed E-state index contributed by atoms with van der Waals surface area (Å²) in [6.07, 6.45) is 6.28. The number of hydrogen-bond acceptors (Lipinski definition) is 1. The summed E-state index contributed by atoms with van der Waals surface area (Å²) in [5.74, 6) is 3.75. The van der Waals surface area contributed by atoms with E-state index in [9.17, 15) is 0 Å². The Labute approximate surface area is 60.1 Å². The number of hydrogen-bond donors (Lipinski definition) is 0. The molecule has 4 aliphatic rings. The second kappa shape index (κ2) is 1.00. The molecule has 3 aliphatic carbocycles. The van der Waals surface area contributed by atoms with Gasteiger partial charge in [0.15, 0.2) is 0 Å². The Morgan fingerprint density at radius 1 is 1.20 bits per heavy atom. The minimum Gasteiger partial charge on any atom is -0.369 e. The maximum absolute atomic E-state index is 5.51. The van der Waals surface area contributed by atoms with E-state index in [1.807, 2.05) is 0 Å². The van der Waals surface area contributed by atoms with Gasteiger partial charge in [-0.2, -0.15) is 0 Å². The summed E-state index contributed by atoms with van der Waals surface area (Å²) >= 11 is 0. The van der Waals surface area contributed by atoms with Gasteiger partial charge in [0, 0.05) is 11.8 Å². The molecule has 4 rings (SSSR count). The molecule has 0 aromatic rings. The molecule has 1 heteroatoms. The van der Waals surface area contributed by atoms with E-state index in [-0.39, 0.29) is 0 Å². The predicted molar refractivity (Wildman–Crippen MR) is 36.4 cm³/mol. The van der Waals surface area contributed by atoms with Crippen molar-refractivity contribution in [3.05, 3.63) is 12.2 Å². The summed E-state index contributed by atoms with van der Waals surface area (Å²) in [6, 6.07) is 0. The minimum absolute atomic E-state index is 0.455. The molecule has 1 spiro atoms. The molecule has 0 radical (unpaired) electrons. The lowest BCUT2D eigenvalue weighted by Gasteiger charge is -2.02. The fourth-order valence-corrected chi connectivity index (χ4v) is 3.49. The molecule has 1 nitrogen and oxygen atoms in total. The highest BCUT2D eigenvalue weighted by atomic mass is 16.6. The molecule has 52 valence electrons. The minimum atomic E-state index is 0.455. The highest BCUT2D eigenvalue weighted by molar-refractivity contribution is 5.35. The average Bonchev–Trinajstić information content (AvgIpc) is 2.78. The second-order valence-corrected chi connectivity index (χ2v) is 4.24. The highest BCUT2D eigenvalue weighted by Gasteiger charge is 2.81. The van der Waals surface area contributed by atoms with Crippen molar-refractivity contribution in [2.45, 2.75) is 12.0 Å². The molecule has 1 heterocycles. The molecule has 0 aromatic carbocycles. The molecule has 1 aliphatic heterocycles. The van der Waals surface area contributed by atoms with E-state index in [0.29, 0.717) is 5.60 Å². The van der Waals surface area contributed by atoms with E-state index in [0.717, 1.165) is 30.3 Å². The highest BCUT2D eigenvalue weighted by Crippen LogP contribution is 2.75. The third-order valence-electron chi connectivity index (χ3n) is 3.96. The van der Waals surface area contributed by atoms with Crippen LogP contribution in [-0.4, -0.2) is 12.2 Å². The first-order valence-corrected chi connectivity index (χ1v) is 4.24. The zero-order valence-corrected chi connectivity index (χ0v) is 5.79. The fourth-order valence-electron chi connectivity index (χ4n) is 3.49. The molecule has 10 heavy (non-hydrogen) atoms. The van der Waals surface area contributed by atoms with E-state index < -0.39 is 0 Å². The number of ether oxygens (including phenoxy) is 1. The number of epoxide rings is 1. The summed E-state index contributed by atoms with van der Waals surface area (Å²) in [4.78, 5) is 0. The van der Waals surface area contributed by atoms with Gasteiger partial charge in [-0.15, -0.1) is 0 Å². The molecular weight excluding hydrogens is 124 g/mol. The molecule has 4 atom stereocenters. The van der Waals surface area contributed by atoms with Gasteiger partial charge in [-0.05, 0) is 18.3 Å². The largest absolute Gasteiger partial charge is 0.369 e. The first-order chi connectivity index (χ1) is 4.92. The zero-order chi connectivity index (χ0) is 6.34. The van der Waals surface area contributed by atoms with Crippen LogP contribution in [0.15, 0.2) is 12.2 Å². The van der Waals surface area contributed by atoms with Gasteiger partial charge in [-0.25, -0.2) is 0 Å². The summed E-state index contributed by atoms with van der Waals surface area (Å²) in [5.41, 5.74) is 0.455. The molecule has 0 N–H and O–H groups in total. The smallest absolute Gasteiger partial charge is 0.0991 e. The van der Waals surface area contributed by atoms with Gasteiger partial charge in [0.05, 0.1) is 12.2 Å². The van der Waals surface area contributed by atoms with Gasteiger partial charge < -0.3 is 4.74 Å². The molecule has 4 unspecified atom stereocenters. The third kappa shape index (κ3) is 0.271. The molecule has 0 aromatic heterocycles. The van der Waals surface area contributed by atoms with Crippen molar-refractivity contribution >= 4 is 0 Å².